The molecule has 0 radical (unpaired) electrons. The lowest BCUT2D eigenvalue weighted by Gasteiger charge is -2.10. The second-order valence-corrected chi connectivity index (χ2v) is 7.54. The van der Waals surface area contributed by atoms with Crippen molar-refractivity contribution in [3.8, 4) is 0 Å². The molecule has 0 unspecified atom stereocenters. The standard InChI is InChI=1S/C23H17Cl2NO2/c24-17-8-6-16(7-9-17)14-26-21-11-10-18(25)13-19(21)20(22(26)23(27)28)12-15-4-2-1-3-5-15/h1-11,13H,12,14H2,(H,27,28). The summed E-state index contributed by atoms with van der Waals surface area (Å²) in [5, 5.41) is 12.1. The third-order valence-electron chi connectivity index (χ3n) is 4.81. The minimum absolute atomic E-state index is 0.288. The second-order valence-electron chi connectivity index (χ2n) is 6.67. The van der Waals surface area contributed by atoms with E-state index in [9.17, 15) is 9.90 Å². The van der Waals surface area contributed by atoms with Crippen molar-refractivity contribution in [3.63, 3.8) is 0 Å². The van der Waals surface area contributed by atoms with E-state index in [4.69, 9.17) is 23.2 Å². The molecule has 1 N–H and O–H groups in total. The molecular weight excluding hydrogens is 393 g/mol. The highest BCUT2D eigenvalue weighted by Crippen LogP contribution is 2.31. The molecule has 0 bridgehead atoms. The van der Waals surface area contributed by atoms with Crippen LogP contribution >= 0.6 is 23.2 Å². The fourth-order valence-corrected chi connectivity index (χ4v) is 3.85. The number of rotatable bonds is 5. The Morgan fingerprint density at radius 2 is 1.54 bits per heavy atom. The lowest BCUT2D eigenvalue weighted by molar-refractivity contribution is 0.0685. The van der Waals surface area contributed by atoms with Gasteiger partial charge in [-0.05, 0) is 47.0 Å². The molecular formula is C23H17Cl2NO2. The zero-order chi connectivity index (χ0) is 19.7. The number of aromatic carboxylic acids is 1. The van der Waals surface area contributed by atoms with E-state index in [0.29, 0.717) is 23.0 Å². The zero-order valence-electron chi connectivity index (χ0n) is 14.9. The summed E-state index contributed by atoms with van der Waals surface area (Å²) in [5.74, 6) is -0.952. The van der Waals surface area contributed by atoms with Crippen molar-refractivity contribution in [3.05, 3.63) is 105 Å². The Morgan fingerprint density at radius 3 is 2.21 bits per heavy atom. The monoisotopic (exact) mass is 409 g/mol. The predicted octanol–water partition coefficient (Wildman–Crippen LogP) is 6.29. The van der Waals surface area contributed by atoms with Gasteiger partial charge in [-0.2, -0.15) is 0 Å². The number of aromatic nitrogens is 1. The minimum Gasteiger partial charge on any atom is -0.477 e. The van der Waals surface area contributed by atoms with Gasteiger partial charge in [-0.3, -0.25) is 0 Å². The lowest BCUT2D eigenvalue weighted by atomic mass is 10.0. The highest BCUT2D eigenvalue weighted by Gasteiger charge is 2.23. The average Bonchev–Trinajstić information content (AvgIpc) is 2.97. The summed E-state index contributed by atoms with van der Waals surface area (Å²) in [4.78, 5) is 12.3. The van der Waals surface area contributed by atoms with Gasteiger partial charge in [0.05, 0.1) is 0 Å². The van der Waals surface area contributed by atoms with Gasteiger partial charge in [0.1, 0.15) is 5.69 Å². The molecule has 4 aromatic rings. The largest absolute Gasteiger partial charge is 0.477 e. The van der Waals surface area contributed by atoms with Gasteiger partial charge < -0.3 is 9.67 Å². The van der Waals surface area contributed by atoms with Crippen LogP contribution in [0.2, 0.25) is 10.0 Å². The van der Waals surface area contributed by atoms with Gasteiger partial charge in [-0.15, -0.1) is 0 Å². The molecule has 0 saturated carbocycles. The molecule has 0 aliphatic rings. The number of carbonyl (C=O) groups is 1. The summed E-state index contributed by atoms with van der Waals surface area (Å²) in [6, 6.07) is 22.8. The summed E-state index contributed by atoms with van der Waals surface area (Å²) >= 11 is 12.2. The fraction of sp³-hybridized carbons (Fsp3) is 0.0870. The van der Waals surface area contributed by atoms with Gasteiger partial charge in [-0.1, -0.05) is 65.7 Å². The molecule has 5 heteroatoms. The van der Waals surface area contributed by atoms with Crippen LogP contribution in [0, 0.1) is 0 Å². The summed E-state index contributed by atoms with van der Waals surface area (Å²) in [6.07, 6.45) is 0.521. The second kappa shape index (κ2) is 7.70. The average molecular weight is 410 g/mol. The number of carboxylic acid groups (broad SMARTS) is 1. The van der Waals surface area contributed by atoms with Gasteiger partial charge in [0.2, 0.25) is 0 Å². The molecule has 0 aliphatic carbocycles. The van der Waals surface area contributed by atoms with E-state index in [0.717, 1.165) is 27.6 Å². The number of nitrogens with zero attached hydrogens (tertiary/aromatic N) is 1. The molecule has 0 fully saturated rings. The number of benzene rings is 3. The summed E-state index contributed by atoms with van der Waals surface area (Å²) in [6.45, 7) is 0.436. The molecule has 0 saturated heterocycles. The smallest absolute Gasteiger partial charge is 0.352 e. The molecule has 1 aromatic heterocycles. The lowest BCUT2D eigenvalue weighted by Crippen LogP contribution is -2.11. The van der Waals surface area contributed by atoms with Crippen molar-refractivity contribution < 1.29 is 9.90 Å². The van der Waals surface area contributed by atoms with Crippen molar-refractivity contribution in [1.29, 1.82) is 0 Å². The van der Waals surface area contributed by atoms with Crippen LogP contribution in [0.1, 0.15) is 27.2 Å². The topological polar surface area (TPSA) is 42.2 Å². The normalized spacial score (nSPS) is 11.1. The van der Waals surface area contributed by atoms with Crippen LogP contribution in [0.4, 0.5) is 0 Å². The van der Waals surface area contributed by atoms with Gasteiger partial charge in [0, 0.05) is 33.9 Å². The van der Waals surface area contributed by atoms with E-state index in [1.807, 2.05) is 71.3 Å². The van der Waals surface area contributed by atoms with Crippen LogP contribution in [0.3, 0.4) is 0 Å². The molecule has 3 nitrogen and oxygen atoms in total. The van der Waals surface area contributed by atoms with E-state index < -0.39 is 5.97 Å². The SMILES string of the molecule is O=C(O)c1c(Cc2ccccc2)c2cc(Cl)ccc2n1Cc1ccc(Cl)cc1. The van der Waals surface area contributed by atoms with Gasteiger partial charge in [0.25, 0.3) is 0 Å². The summed E-state index contributed by atoms with van der Waals surface area (Å²) < 4.78 is 1.84. The Morgan fingerprint density at radius 1 is 0.857 bits per heavy atom. The highest BCUT2D eigenvalue weighted by atomic mass is 35.5. The van der Waals surface area contributed by atoms with Crippen LogP contribution in [-0.2, 0) is 13.0 Å². The van der Waals surface area contributed by atoms with Crippen molar-refractivity contribution >= 4 is 40.1 Å². The molecule has 0 spiro atoms. The Balaban J connectivity index is 1.91. The Kier molecular flexibility index (Phi) is 5.12. The molecule has 3 aromatic carbocycles. The van der Waals surface area contributed by atoms with Crippen molar-refractivity contribution in [1.82, 2.24) is 4.57 Å². The van der Waals surface area contributed by atoms with Gasteiger partial charge in [-0.25, -0.2) is 4.79 Å². The number of halogens is 2. The Labute approximate surface area is 172 Å². The summed E-state index contributed by atoms with van der Waals surface area (Å²) in [5.41, 5.74) is 3.93. The van der Waals surface area contributed by atoms with Crippen LogP contribution in [0.15, 0.2) is 72.8 Å². The van der Waals surface area contributed by atoms with Gasteiger partial charge in [0.15, 0.2) is 0 Å². The van der Waals surface area contributed by atoms with E-state index in [-0.39, 0.29) is 5.69 Å². The third-order valence-corrected chi connectivity index (χ3v) is 5.30. The number of hydrogen-bond donors (Lipinski definition) is 1. The van der Waals surface area contributed by atoms with E-state index in [1.54, 1.807) is 6.07 Å². The van der Waals surface area contributed by atoms with Crippen LogP contribution in [-0.4, -0.2) is 15.6 Å². The maximum absolute atomic E-state index is 12.3. The Bertz CT molecular complexity index is 1150. The molecule has 1 heterocycles. The van der Waals surface area contributed by atoms with E-state index in [1.165, 1.54) is 0 Å². The molecule has 0 amide bonds. The molecule has 28 heavy (non-hydrogen) atoms. The number of carboxylic acids is 1. The van der Waals surface area contributed by atoms with Crippen LogP contribution < -0.4 is 0 Å². The maximum atomic E-state index is 12.3. The molecule has 4 rings (SSSR count). The molecule has 0 atom stereocenters. The van der Waals surface area contributed by atoms with Crippen molar-refractivity contribution in [2.24, 2.45) is 0 Å². The minimum atomic E-state index is -0.952. The molecule has 0 aliphatic heterocycles. The van der Waals surface area contributed by atoms with Crippen LogP contribution in [0.5, 0.6) is 0 Å². The maximum Gasteiger partial charge on any atom is 0.352 e. The first-order chi connectivity index (χ1) is 13.5. The van der Waals surface area contributed by atoms with Crippen LogP contribution in [0.25, 0.3) is 10.9 Å². The first-order valence-corrected chi connectivity index (χ1v) is 9.61. The summed E-state index contributed by atoms with van der Waals surface area (Å²) in [7, 11) is 0. The van der Waals surface area contributed by atoms with E-state index >= 15 is 0 Å². The quantitative estimate of drug-likeness (QED) is 0.420. The molecule has 140 valence electrons. The Hall–Kier alpha value is -2.75. The number of hydrogen-bond acceptors (Lipinski definition) is 1. The first-order valence-electron chi connectivity index (χ1n) is 8.85. The third kappa shape index (κ3) is 3.64. The van der Waals surface area contributed by atoms with E-state index in [2.05, 4.69) is 0 Å². The van der Waals surface area contributed by atoms with Gasteiger partial charge >= 0.3 is 5.97 Å². The van der Waals surface area contributed by atoms with Crippen molar-refractivity contribution in [2.75, 3.05) is 0 Å². The van der Waals surface area contributed by atoms with Crippen molar-refractivity contribution in [2.45, 2.75) is 13.0 Å². The highest BCUT2D eigenvalue weighted by molar-refractivity contribution is 6.31. The zero-order valence-corrected chi connectivity index (χ0v) is 16.4. The predicted molar refractivity (Wildman–Crippen MR) is 114 cm³/mol. The first kappa shape index (κ1) is 18.6. The fourth-order valence-electron chi connectivity index (χ4n) is 3.56. The number of fused-ring (bicyclic) bond motifs is 1.